The number of rotatable bonds is 2. The minimum absolute atomic E-state index is 0.0291. The molecule has 1 fully saturated rings. The van der Waals surface area contributed by atoms with Crippen LogP contribution < -0.4 is 0 Å². The maximum absolute atomic E-state index is 12.1. The SMILES string of the molecule is C=CC(=O)N1Cc2cc(Cl)ccc2C(C2CCCCC2)C1. The van der Waals surface area contributed by atoms with Gasteiger partial charge in [0.05, 0.1) is 0 Å². The highest BCUT2D eigenvalue weighted by molar-refractivity contribution is 6.30. The van der Waals surface area contributed by atoms with E-state index in [1.165, 1.54) is 49.3 Å². The van der Waals surface area contributed by atoms with Gasteiger partial charge in [-0.1, -0.05) is 43.5 Å². The van der Waals surface area contributed by atoms with E-state index >= 15 is 0 Å². The van der Waals surface area contributed by atoms with Crippen molar-refractivity contribution in [3.05, 3.63) is 47.0 Å². The molecule has 112 valence electrons. The van der Waals surface area contributed by atoms with Gasteiger partial charge in [-0.3, -0.25) is 4.79 Å². The predicted molar refractivity (Wildman–Crippen MR) is 86.4 cm³/mol. The standard InChI is InChI=1S/C18H22ClNO/c1-2-18(21)20-11-14-10-15(19)8-9-16(14)17(12-20)13-6-4-3-5-7-13/h2,8-10,13,17H,1,3-7,11-12H2. The first kappa shape index (κ1) is 14.6. The van der Waals surface area contributed by atoms with Gasteiger partial charge in [-0.25, -0.2) is 0 Å². The van der Waals surface area contributed by atoms with E-state index in [0.29, 0.717) is 18.4 Å². The third-order valence-electron chi connectivity index (χ3n) is 4.99. The number of carbonyl (C=O) groups is 1. The summed E-state index contributed by atoms with van der Waals surface area (Å²) in [5.74, 6) is 1.18. The van der Waals surface area contributed by atoms with Crippen LogP contribution in [-0.4, -0.2) is 17.4 Å². The number of fused-ring (bicyclic) bond motifs is 1. The van der Waals surface area contributed by atoms with Gasteiger partial charge >= 0.3 is 0 Å². The third-order valence-corrected chi connectivity index (χ3v) is 5.22. The fraction of sp³-hybridized carbons (Fsp3) is 0.500. The fourth-order valence-electron chi connectivity index (χ4n) is 3.92. The van der Waals surface area contributed by atoms with E-state index in [0.717, 1.165) is 11.6 Å². The van der Waals surface area contributed by atoms with Crippen molar-refractivity contribution in [2.45, 2.75) is 44.6 Å². The van der Waals surface area contributed by atoms with E-state index in [2.05, 4.69) is 12.6 Å². The number of benzene rings is 1. The minimum atomic E-state index is 0.0291. The first-order chi connectivity index (χ1) is 10.2. The van der Waals surface area contributed by atoms with Gasteiger partial charge in [-0.05, 0) is 48.1 Å². The molecule has 2 nitrogen and oxygen atoms in total. The van der Waals surface area contributed by atoms with E-state index in [1.807, 2.05) is 17.0 Å². The second-order valence-electron chi connectivity index (χ2n) is 6.27. The van der Waals surface area contributed by atoms with Crippen LogP contribution in [0.4, 0.5) is 0 Å². The molecule has 1 heterocycles. The Labute approximate surface area is 131 Å². The Morgan fingerprint density at radius 1 is 1.29 bits per heavy atom. The van der Waals surface area contributed by atoms with Crippen LogP contribution in [0.2, 0.25) is 5.02 Å². The molecule has 3 heteroatoms. The van der Waals surface area contributed by atoms with Crippen LogP contribution in [0.15, 0.2) is 30.9 Å². The molecule has 21 heavy (non-hydrogen) atoms. The lowest BCUT2D eigenvalue weighted by Gasteiger charge is -2.39. The molecule has 1 aromatic rings. The molecule has 1 aromatic carbocycles. The molecule has 3 rings (SSSR count). The van der Waals surface area contributed by atoms with Gasteiger partial charge in [0.1, 0.15) is 0 Å². The highest BCUT2D eigenvalue weighted by Crippen LogP contribution is 2.41. The van der Waals surface area contributed by atoms with Gasteiger partial charge in [0, 0.05) is 24.0 Å². The lowest BCUT2D eigenvalue weighted by molar-refractivity contribution is -0.127. The van der Waals surface area contributed by atoms with E-state index < -0.39 is 0 Å². The second-order valence-corrected chi connectivity index (χ2v) is 6.71. The van der Waals surface area contributed by atoms with Crippen molar-refractivity contribution in [1.29, 1.82) is 0 Å². The van der Waals surface area contributed by atoms with E-state index in [-0.39, 0.29) is 5.91 Å². The van der Waals surface area contributed by atoms with E-state index in [1.54, 1.807) is 0 Å². The van der Waals surface area contributed by atoms with Crippen LogP contribution >= 0.6 is 11.6 Å². The molecule has 0 saturated heterocycles. The lowest BCUT2D eigenvalue weighted by atomic mass is 9.74. The summed E-state index contributed by atoms with van der Waals surface area (Å²) in [5, 5.41) is 0.754. The molecule has 1 atom stereocenters. The summed E-state index contributed by atoms with van der Waals surface area (Å²) >= 11 is 6.15. The first-order valence-electron chi connectivity index (χ1n) is 7.88. The molecule has 0 bridgehead atoms. The van der Waals surface area contributed by atoms with Gasteiger partial charge in [0.15, 0.2) is 0 Å². The Hall–Kier alpha value is -1.28. The van der Waals surface area contributed by atoms with Crippen LogP contribution in [0.25, 0.3) is 0 Å². The predicted octanol–water partition coefficient (Wildman–Crippen LogP) is 4.53. The topological polar surface area (TPSA) is 20.3 Å². The summed E-state index contributed by atoms with van der Waals surface area (Å²) < 4.78 is 0. The van der Waals surface area contributed by atoms with Gasteiger partial charge in [0.2, 0.25) is 5.91 Å². The monoisotopic (exact) mass is 303 g/mol. The molecule has 0 aromatic heterocycles. The Bertz CT molecular complexity index is 548. The number of hydrogen-bond acceptors (Lipinski definition) is 1. The summed E-state index contributed by atoms with van der Waals surface area (Å²) in [6.45, 7) is 5.11. The summed E-state index contributed by atoms with van der Waals surface area (Å²) in [5.41, 5.74) is 2.61. The molecule has 0 radical (unpaired) electrons. The van der Waals surface area contributed by atoms with Crippen LogP contribution in [0, 0.1) is 5.92 Å². The normalized spacial score (nSPS) is 22.7. The average molecular weight is 304 g/mol. The highest BCUT2D eigenvalue weighted by Gasteiger charge is 2.33. The smallest absolute Gasteiger partial charge is 0.246 e. The van der Waals surface area contributed by atoms with Gasteiger partial charge in [-0.2, -0.15) is 0 Å². The van der Waals surface area contributed by atoms with Crippen LogP contribution in [0.5, 0.6) is 0 Å². The van der Waals surface area contributed by atoms with Crippen molar-refractivity contribution in [3.8, 4) is 0 Å². The molecular formula is C18H22ClNO. The number of hydrogen-bond donors (Lipinski definition) is 0. The van der Waals surface area contributed by atoms with Crippen molar-refractivity contribution in [2.24, 2.45) is 5.92 Å². The average Bonchev–Trinajstić information content (AvgIpc) is 2.53. The Balaban J connectivity index is 1.93. The largest absolute Gasteiger partial charge is 0.334 e. The summed E-state index contributed by atoms with van der Waals surface area (Å²) in [7, 11) is 0. The molecule has 0 N–H and O–H groups in total. The molecule has 1 aliphatic heterocycles. The minimum Gasteiger partial charge on any atom is -0.334 e. The Morgan fingerprint density at radius 2 is 2.05 bits per heavy atom. The third kappa shape index (κ3) is 3.01. The summed E-state index contributed by atoms with van der Waals surface area (Å²) in [4.78, 5) is 14.0. The van der Waals surface area contributed by atoms with Crippen molar-refractivity contribution in [3.63, 3.8) is 0 Å². The number of halogens is 1. The maximum atomic E-state index is 12.1. The van der Waals surface area contributed by atoms with Crippen molar-refractivity contribution >= 4 is 17.5 Å². The highest BCUT2D eigenvalue weighted by atomic mass is 35.5. The molecule has 1 aliphatic carbocycles. The van der Waals surface area contributed by atoms with Crippen molar-refractivity contribution in [2.75, 3.05) is 6.54 Å². The fourth-order valence-corrected chi connectivity index (χ4v) is 4.11. The van der Waals surface area contributed by atoms with Crippen LogP contribution in [0.1, 0.15) is 49.1 Å². The summed E-state index contributed by atoms with van der Waals surface area (Å²) in [6.07, 6.45) is 7.98. The van der Waals surface area contributed by atoms with Gasteiger partial charge < -0.3 is 4.90 Å². The Kier molecular flexibility index (Phi) is 4.34. The number of carbonyl (C=O) groups excluding carboxylic acids is 1. The molecule has 1 unspecified atom stereocenters. The van der Waals surface area contributed by atoms with Crippen LogP contribution in [0.3, 0.4) is 0 Å². The number of nitrogens with zero attached hydrogens (tertiary/aromatic N) is 1. The molecule has 2 aliphatic rings. The zero-order valence-corrected chi connectivity index (χ0v) is 13.1. The molecule has 1 saturated carbocycles. The number of amides is 1. The Morgan fingerprint density at radius 3 is 2.76 bits per heavy atom. The lowest BCUT2D eigenvalue weighted by Crippen LogP contribution is -2.40. The van der Waals surface area contributed by atoms with E-state index in [4.69, 9.17) is 11.6 Å². The van der Waals surface area contributed by atoms with Gasteiger partial charge in [0.25, 0.3) is 0 Å². The van der Waals surface area contributed by atoms with Gasteiger partial charge in [-0.15, -0.1) is 0 Å². The van der Waals surface area contributed by atoms with E-state index in [9.17, 15) is 4.79 Å². The second kappa shape index (κ2) is 6.23. The maximum Gasteiger partial charge on any atom is 0.246 e. The molecular weight excluding hydrogens is 282 g/mol. The summed E-state index contributed by atoms with van der Waals surface area (Å²) in [6, 6.07) is 6.18. The van der Waals surface area contributed by atoms with Crippen molar-refractivity contribution in [1.82, 2.24) is 4.90 Å². The van der Waals surface area contributed by atoms with Crippen LogP contribution in [-0.2, 0) is 11.3 Å². The van der Waals surface area contributed by atoms with Crippen molar-refractivity contribution < 1.29 is 4.79 Å². The quantitative estimate of drug-likeness (QED) is 0.735. The first-order valence-corrected chi connectivity index (χ1v) is 8.26. The zero-order chi connectivity index (χ0) is 14.8. The molecule has 0 spiro atoms. The zero-order valence-electron chi connectivity index (χ0n) is 12.4. The molecule has 1 amide bonds.